The number of hydrazine groups is 1. The van der Waals surface area contributed by atoms with Gasteiger partial charge in [-0.15, -0.1) is 5.17 Å². The van der Waals surface area contributed by atoms with E-state index in [4.69, 9.17) is 10.6 Å². The fraction of sp³-hybridized carbons (Fsp3) is 0.700. The largest absolute Gasteiger partial charge is 0.382 e. The van der Waals surface area contributed by atoms with Crippen LogP contribution in [0.1, 0.15) is 33.1 Å². The lowest BCUT2D eigenvalue weighted by atomic mass is 10.0. The number of unbranched alkanes of at least 4 members (excludes halogenated alkanes) is 1. The molecule has 0 aromatic carbocycles. The molecule has 0 radical (unpaired) electrons. The van der Waals surface area contributed by atoms with Crippen molar-refractivity contribution in [1.82, 2.24) is 10.7 Å². The molecule has 1 atom stereocenters. The first kappa shape index (κ1) is 11.8. The molecule has 2 heterocycles. The number of hydrogen-bond donors (Lipinski definition) is 2. The van der Waals surface area contributed by atoms with Crippen LogP contribution in [-0.2, 0) is 4.84 Å². The highest BCUT2D eigenvalue weighted by Gasteiger charge is 2.36. The van der Waals surface area contributed by atoms with Crippen molar-refractivity contribution in [2.24, 2.45) is 20.8 Å². The summed E-state index contributed by atoms with van der Waals surface area (Å²) in [5, 5.41) is 5.41. The van der Waals surface area contributed by atoms with Crippen LogP contribution >= 0.6 is 0 Å². The first-order valence-corrected chi connectivity index (χ1v) is 5.73. The summed E-state index contributed by atoms with van der Waals surface area (Å²) in [5.74, 6) is 0.999. The Bertz CT molecular complexity index is 402. The van der Waals surface area contributed by atoms with Gasteiger partial charge in [-0.25, -0.2) is 9.98 Å². The molecular formula is C10H18N6O. The first-order valence-electron chi connectivity index (χ1n) is 5.73. The van der Waals surface area contributed by atoms with Crippen molar-refractivity contribution in [2.45, 2.75) is 38.8 Å². The van der Waals surface area contributed by atoms with Crippen molar-refractivity contribution in [2.75, 3.05) is 7.11 Å². The third-order valence-electron chi connectivity index (χ3n) is 2.79. The predicted molar refractivity (Wildman–Crippen MR) is 66.4 cm³/mol. The summed E-state index contributed by atoms with van der Waals surface area (Å²) >= 11 is 0. The molecule has 94 valence electrons. The number of amidine groups is 2. The van der Waals surface area contributed by atoms with Gasteiger partial charge in [0.1, 0.15) is 0 Å². The maximum atomic E-state index is 5.90. The summed E-state index contributed by atoms with van der Waals surface area (Å²) in [6, 6.07) is 0. The van der Waals surface area contributed by atoms with Crippen LogP contribution in [0.4, 0.5) is 0 Å². The molecule has 0 aromatic rings. The molecular weight excluding hydrogens is 220 g/mol. The van der Waals surface area contributed by atoms with Crippen molar-refractivity contribution in [1.29, 1.82) is 0 Å². The number of nitrogens with one attached hydrogen (secondary N) is 1. The molecule has 2 rings (SSSR count). The van der Waals surface area contributed by atoms with E-state index in [1.54, 1.807) is 7.11 Å². The maximum Gasteiger partial charge on any atom is 0.207 e. The van der Waals surface area contributed by atoms with Crippen molar-refractivity contribution in [3.05, 3.63) is 0 Å². The van der Waals surface area contributed by atoms with Crippen molar-refractivity contribution in [3.63, 3.8) is 0 Å². The zero-order valence-electron chi connectivity index (χ0n) is 10.4. The maximum absolute atomic E-state index is 5.90. The van der Waals surface area contributed by atoms with Gasteiger partial charge in [-0.3, -0.25) is 4.84 Å². The molecule has 0 amide bonds. The molecule has 0 spiro atoms. The van der Waals surface area contributed by atoms with E-state index in [1.807, 2.05) is 6.92 Å². The van der Waals surface area contributed by atoms with Gasteiger partial charge < -0.3 is 5.73 Å². The Morgan fingerprint density at radius 3 is 2.88 bits per heavy atom. The van der Waals surface area contributed by atoms with Gasteiger partial charge in [0.05, 0.1) is 7.11 Å². The van der Waals surface area contributed by atoms with Gasteiger partial charge in [0, 0.05) is 0 Å². The quantitative estimate of drug-likeness (QED) is 0.742. The molecule has 0 saturated carbocycles. The third kappa shape index (κ3) is 2.10. The molecule has 1 unspecified atom stereocenters. The lowest BCUT2D eigenvalue weighted by Gasteiger charge is -2.27. The molecule has 0 fully saturated rings. The Labute approximate surface area is 100 Å². The van der Waals surface area contributed by atoms with E-state index < -0.39 is 5.66 Å². The highest BCUT2D eigenvalue weighted by atomic mass is 16.7. The minimum Gasteiger partial charge on any atom is -0.382 e. The fourth-order valence-electron chi connectivity index (χ4n) is 1.88. The molecule has 0 aromatic heterocycles. The lowest BCUT2D eigenvalue weighted by molar-refractivity contribution is -0.0990. The molecule has 7 heteroatoms. The molecule has 2 aliphatic heterocycles. The molecule has 0 saturated heterocycles. The van der Waals surface area contributed by atoms with E-state index in [2.05, 4.69) is 27.5 Å². The highest BCUT2D eigenvalue weighted by Crippen LogP contribution is 2.25. The number of fused-ring (bicyclic) bond motifs is 1. The van der Waals surface area contributed by atoms with Crippen LogP contribution in [-0.4, -0.2) is 35.3 Å². The monoisotopic (exact) mass is 238 g/mol. The van der Waals surface area contributed by atoms with Crippen LogP contribution in [0.5, 0.6) is 0 Å². The minimum absolute atomic E-state index is 0.403. The Morgan fingerprint density at radius 2 is 2.24 bits per heavy atom. The summed E-state index contributed by atoms with van der Waals surface area (Å²) in [6.45, 7) is 4.10. The average Bonchev–Trinajstić information content (AvgIpc) is 2.69. The number of hydrazone groups is 1. The van der Waals surface area contributed by atoms with Gasteiger partial charge in [-0.05, 0) is 19.8 Å². The van der Waals surface area contributed by atoms with Crippen LogP contribution in [0.25, 0.3) is 0 Å². The molecule has 3 N–H and O–H groups in total. The minimum atomic E-state index is -0.517. The highest BCUT2D eigenvalue weighted by molar-refractivity contribution is 6.68. The van der Waals surface area contributed by atoms with Gasteiger partial charge in [0.2, 0.25) is 5.84 Å². The Hall–Kier alpha value is -1.63. The number of hydroxylamine groups is 1. The molecule has 17 heavy (non-hydrogen) atoms. The smallest absolute Gasteiger partial charge is 0.207 e. The number of hydrogen-bond acceptors (Lipinski definition) is 7. The van der Waals surface area contributed by atoms with Crippen LogP contribution < -0.4 is 11.3 Å². The lowest BCUT2D eigenvalue weighted by Crippen LogP contribution is -2.45. The summed E-state index contributed by atoms with van der Waals surface area (Å²) in [6.07, 6.45) is 3.01. The molecule has 7 nitrogen and oxygen atoms in total. The van der Waals surface area contributed by atoms with Crippen LogP contribution in [0, 0.1) is 0 Å². The number of aliphatic imine (C=N–C) groups is 2. The summed E-state index contributed by atoms with van der Waals surface area (Å²) in [4.78, 5) is 14.1. The third-order valence-corrected chi connectivity index (χ3v) is 2.79. The Kier molecular flexibility index (Phi) is 3.01. The van der Waals surface area contributed by atoms with E-state index in [0.29, 0.717) is 17.4 Å². The van der Waals surface area contributed by atoms with E-state index in [-0.39, 0.29) is 0 Å². The van der Waals surface area contributed by atoms with E-state index in [1.165, 1.54) is 5.17 Å². The second-order valence-corrected chi connectivity index (χ2v) is 4.29. The van der Waals surface area contributed by atoms with Gasteiger partial charge in [0.25, 0.3) is 0 Å². The Balaban J connectivity index is 2.27. The number of nitrogens with zero attached hydrogens (tertiary/aromatic N) is 4. The van der Waals surface area contributed by atoms with Crippen molar-refractivity contribution < 1.29 is 4.84 Å². The Morgan fingerprint density at radius 1 is 1.47 bits per heavy atom. The second-order valence-electron chi connectivity index (χ2n) is 4.29. The van der Waals surface area contributed by atoms with Crippen molar-refractivity contribution >= 4 is 17.4 Å². The number of rotatable bonds is 4. The standard InChI is InChI=1S/C10H18N6O/c1-4-5-6-10(2)12-8(11)7-9(13-10)16(17-3)15-14-7/h15H,4-6H2,1-3H3,(H2,11,12). The topological polar surface area (TPSA) is 87.6 Å². The van der Waals surface area contributed by atoms with E-state index >= 15 is 0 Å². The zero-order chi connectivity index (χ0) is 12.5. The normalized spacial score (nSPS) is 27.0. The zero-order valence-corrected chi connectivity index (χ0v) is 10.4. The van der Waals surface area contributed by atoms with Gasteiger partial charge >= 0.3 is 0 Å². The summed E-state index contributed by atoms with van der Waals surface area (Å²) in [7, 11) is 1.54. The van der Waals surface area contributed by atoms with Crippen molar-refractivity contribution in [3.8, 4) is 0 Å². The van der Waals surface area contributed by atoms with Crippen LogP contribution in [0.15, 0.2) is 15.1 Å². The first-order chi connectivity index (χ1) is 8.09. The molecule has 0 bridgehead atoms. The summed E-state index contributed by atoms with van der Waals surface area (Å²) in [5.41, 5.74) is 8.61. The van der Waals surface area contributed by atoms with Gasteiger partial charge in [-0.2, -0.15) is 10.6 Å². The SMILES string of the molecule is CCCCC1(C)N=C(N)C2=NNN(OC)C2=N1. The second kappa shape index (κ2) is 4.33. The predicted octanol–water partition coefficient (Wildman–Crippen LogP) is 0.400. The fourth-order valence-corrected chi connectivity index (χ4v) is 1.88. The van der Waals surface area contributed by atoms with Crippen LogP contribution in [0.2, 0.25) is 0 Å². The van der Waals surface area contributed by atoms with Gasteiger partial charge in [-0.1, -0.05) is 13.3 Å². The average molecular weight is 238 g/mol. The molecule has 2 aliphatic rings. The van der Waals surface area contributed by atoms with Crippen LogP contribution in [0.3, 0.4) is 0 Å². The van der Waals surface area contributed by atoms with E-state index in [9.17, 15) is 0 Å². The van der Waals surface area contributed by atoms with Gasteiger partial charge in [0.15, 0.2) is 17.2 Å². The summed E-state index contributed by atoms with van der Waals surface area (Å²) < 4.78 is 0. The number of nitrogens with two attached hydrogens (primary N) is 1. The molecule has 0 aliphatic carbocycles. The van der Waals surface area contributed by atoms with E-state index in [0.717, 1.165) is 19.3 Å².